The van der Waals surface area contributed by atoms with Gasteiger partial charge in [0.2, 0.25) is 0 Å². The lowest BCUT2D eigenvalue weighted by atomic mass is 9.96. The smallest absolute Gasteiger partial charge is 0.254 e. The van der Waals surface area contributed by atoms with Gasteiger partial charge in [0.1, 0.15) is 0 Å². The first-order valence-electron chi connectivity index (χ1n) is 6.65. The summed E-state index contributed by atoms with van der Waals surface area (Å²) >= 11 is 0. The number of benzene rings is 1. The van der Waals surface area contributed by atoms with Crippen LogP contribution in [0, 0.1) is 11.3 Å². The number of nitrogens with one attached hydrogen (secondary N) is 1. The van der Waals surface area contributed by atoms with Crippen molar-refractivity contribution < 1.29 is 4.79 Å². The van der Waals surface area contributed by atoms with Crippen molar-refractivity contribution in [3.05, 3.63) is 29.3 Å². The summed E-state index contributed by atoms with van der Waals surface area (Å²) in [5, 5.41) is 12.1. The Bertz CT molecular complexity index is 519. The molecule has 1 atom stereocenters. The Morgan fingerprint density at radius 3 is 3.11 bits per heavy atom. The molecule has 1 aromatic rings. The second-order valence-corrected chi connectivity index (χ2v) is 4.99. The molecule has 1 aromatic carbocycles. The molecule has 1 unspecified atom stereocenters. The fourth-order valence-corrected chi connectivity index (χ4v) is 2.37. The summed E-state index contributed by atoms with van der Waals surface area (Å²) in [7, 11) is 1.76. The van der Waals surface area contributed by atoms with Crippen LogP contribution in [-0.2, 0) is 6.42 Å². The topological polar surface area (TPSA) is 56.1 Å². The number of rotatable bonds is 3. The summed E-state index contributed by atoms with van der Waals surface area (Å²) in [6.45, 7) is 2.86. The molecule has 4 nitrogen and oxygen atoms in total. The molecule has 1 aliphatic rings. The largest absolute Gasteiger partial charge is 0.385 e. The van der Waals surface area contributed by atoms with E-state index in [1.165, 1.54) is 0 Å². The summed E-state index contributed by atoms with van der Waals surface area (Å²) in [5.41, 5.74) is 2.94. The molecule has 1 amide bonds. The number of anilines is 1. The van der Waals surface area contributed by atoms with E-state index in [0.29, 0.717) is 6.42 Å². The molecule has 0 spiro atoms. The lowest BCUT2D eigenvalue weighted by Gasteiger charge is -2.26. The highest BCUT2D eigenvalue weighted by Gasteiger charge is 2.22. The highest BCUT2D eigenvalue weighted by Crippen LogP contribution is 2.26. The number of carbonyl (C=O) groups excluding carboxylic acids is 1. The molecular weight excluding hydrogens is 238 g/mol. The number of amides is 1. The second kappa shape index (κ2) is 5.75. The second-order valence-electron chi connectivity index (χ2n) is 4.99. The predicted octanol–water partition coefficient (Wildman–Crippen LogP) is 2.42. The van der Waals surface area contributed by atoms with Crippen molar-refractivity contribution in [3.63, 3.8) is 0 Å². The van der Waals surface area contributed by atoms with Gasteiger partial charge in [0.25, 0.3) is 5.91 Å². The van der Waals surface area contributed by atoms with Crippen LogP contribution >= 0.6 is 0 Å². The fourth-order valence-electron chi connectivity index (χ4n) is 2.37. The van der Waals surface area contributed by atoms with Crippen LogP contribution in [0.15, 0.2) is 18.2 Å². The Labute approximate surface area is 114 Å². The lowest BCUT2D eigenvalue weighted by Crippen LogP contribution is -2.35. The van der Waals surface area contributed by atoms with Crippen molar-refractivity contribution in [2.45, 2.75) is 32.2 Å². The highest BCUT2D eigenvalue weighted by molar-refractivity contribution is 5.97. The maximum Gasteiger partial charge on any atom is 0.254 e. The highest BCUT2D eigenvalue weighted by atomic mass is 16.2. The summed E-state index contributed by atoms with van der Waals surface area (Å²) in [6.07, 6.45) is 2.34. The van der Waals surface area contributed by atoms with Crippen molar-refractivity contribution in [2.24, 2.45) is 0 Å². The Morgan fingerprint density at radius 2 is 2.37 bits per heavy atom. The van der Waals surface area contributed by atoms with Gasteiger partial charge in [-0.2, -0.15) is 5.26 Å². The molecule has 0 fully saturated rings. The van der Waals surface area contributed by atoms with Crippen LogP contribution in [0.4, 0.5) is 5.69 Å². The third kappa shape index (κ3) is 2.70. The number of hydrogen-bond acceptors (Lipinski definition) is 3. The molecule has 1 heterocycles. The quantitative estimate of drug-likeness (QED) is 0.904. The van der Waals surface area contributed by atoms with E-state index in [4.69, 9.17) is 5.26 Å². The molecule has 0 aliphatic carbocycles. The van der Waals surface area contributed by atoms with Gasteiger partial charge in [0, 0.05) is 30.9 Å². The zero-order valence-corrected chi connectivity index (χ0v) is 11.4. The number of fused-ring (bicyclic) bond motifs is 1. The van der Waals surface area contributed by atoms with E-state index >= 15 is 0 Å². The number of nitriles is 1. The van der Waals surface area contributed by atoms with Gasteiger partial charge in [-0.1, -0.05) is 6.07 Å². The van der Waals surface area contributed by atoms with Crippen LogP contribution in [0.25, 0.3) is 0 Å². The van der Waals surface area contributed by atoms with Crippen molar-refractivity contribution in [1.29, 1.82) is 5.26 Å². The normalized spacial score (nSPS) is 14.8. The summed E-state index contributed by atoms with van der Waals surface area (Å²) in [5.74, 6) is 0.00306. The third-order valence-corrected chi connectivity index (χ3v) is 3.69. The monoisotopic (exact) mass is 257 g/mol. The van der Waals surface area contributed by atoms with Gasteiger partial charge in [-0.25, -0.2) is 0 Å². The van der Waals surface area contributed by atoms with Crippen molar-refractivity contribution in [2.75, 3.05) is 18.9 Å². The third-order valence-electron chi connectivity index (χ3n) is 3.69. The maximum atomic E-state index is 12.5. The van der Waals surface area contributed by atoms with Crippen LogP contribution < -0.4 is 5.32 Å². The Morgan fingerprint density at radius 1 is 1.58 bits per heavy atom. The van der Waals surface area contributed by atoms with Gasteiger partial charge < -0.3 is 10.2 Å². The zero-order chi connectivity index (χ0) is 13.8. The van der Waals surface area contributed by atoms with Crippen molar-refractivity contribution in [1.82, 2.24) is 4.90 Å². The van der Waals surface area contributed by atoms with E-state index in [0.717, 1.165) is 36.2 Å². The molecular formula is C15H19N3O. The van der Waals surface area contributed by atoms with E-state index in [1.807, 2.05) is 25.1 Å². The van der Waals surface area contributed by atoms with Gasteiger partial charge >= 0.3 is 0 Å². The van der Waals surface area contributed by atoms with Gasteiger partial charge in [0.05, 0.1) is 12.5 Å². The van der Waals surface area contributed by atoms with Crippen LogP contribution in [0.1, 0.15) is 35.7 Å². The maximum absolute atomic E-state index is 12.5. The molecule has 19 heavy (non-hydrogen) atoms. The van der Waals surface area contributed by atoms with Crippen LogP contribution in [0.5, 0.6) is 0 Å². The Balaban J connectivity index is 2.27. The minimum atomic E-state index is -0.0649. The van der Waals surface area contributed by atoms with E-state index in [9.17, 15) is 4.79 Å². The van der Waals surface area contributed by atoms with E-state index < -0.39 is 0 Å². The molecule has 0 bridgehead atoms. The fraction of sp³-hybridized carbons (Fsp3) is 0.467. The van der Waals surface area contributed by atoms with Crippen molar-refractivity contribution in [3.8, 4) is 6.07 Å². The predicted molar refractivity (Wildman–Crippen MR) is 75.0 cm³/mol. The van der Waals surface area contributed by atoms with Crippen LogP contribution in [-0.4, -0.2) is 30.4 Å². The molecule has 0 radical (unpaired) electrons. The zero-order valence-electron chi connectivity index (χ0n) is 11.4. The molecule has 2 rings (SSSR count). The van der Waals surface area contributed by atoms with E-state index in [1.54, 1.807) is 11.9 Å². The van der Waals surface area contributed by atoms with Gasteiger partial charge in [-0.05, 0) is 37.5 Å². The first-order chi connectivity index (χ1) is 9.15. The number of carbonyl (C=O) groups is 1. The summed E-state index contributed by atoms with van der Waals surface area (Å²) in [4.78, 5) is 14.2. The van der Waals surface area contributed by atoms with Gasteiger partial charge in [0.15, 0.2) is 0 Å². The molecule has 4 heteroatoms. The summed E-state index contributed by atoms with van der Waals surface area (Å²) in [6, 6.07) is 7.85. The minimum absolute atomic E-state index is 0.00306. The average Bonchev–Trinajstić information content (AvgIpc) is 2.45. The lowest BCUT2D eigenvalue weighted by molar-refractivity contribution is 0.0745. The number of hydrogen-bond donors (Lipinski definition) is 1. The van der Waals surface area contributed by atoms with Crippen LogP contribution in [0.2, 0.25) is 0 Å². The minimum Gasteiger partial charge on any atom is -0.385 e. The summed E-state index contributed by atoms with van der Waals surface area (Å²) < 4.78 is 0. The first-order valence-corrected chi connectivity index (χ1v) is 6.65. The average molecular weight is 257 g/mol. The molecule has 100 valence electrons. The Kier molecular flexibility index (Phi) is 4.06. The SMILES string of the molecule is CC(CC#N)N(C)C(=O)c1cccc2c1CCCN2. The standard InChI is InChI=1S/C15H19N3O/c1-11(8-9-16)18(2)15(19)13-5-3-7-14-12(13)6-4-10-17-14/h3,5,7,11,17H,4,6,8,10H2,1-2H3. The molecule has 1 N–H and O–H groups in total. The Hall–Kier alpha value is -2.02. The first kappa shape index (κ1) is 13.4. The van der Waals surface area contributed by atoms with E-state index in [-0.39, 0.29) is 11.9 Å². The van der Waals surface area contributed by atoms with Crippen molar-refractivity contribution >= 4 is 11.6 Å². The van der Waals surface area contributed by atoms with Crippen LogP contribution in [0.3, 0.4) is 0 Å². The van der Waals surface area contributed by atoms with E-state index in [2.05, 4.69) is 11.4 Å². The molecule has 0 aromatic heterocycles. The molecule has 0 saturated heterocycles. The molecule has 0 saturated carbocycles. The van der Waals surface area contributed by atoms with Gasteiger partial charge in [-0.15, -0.1) is 0 Å². The molecule has 1 aliphatic heterocycles. The number of nitrogens with zero attached hydrogens (tertiary/aromatic N) is 2. The van der Waals surface area contributed by atoms with Gasteiger partial charge in [-0.3, -0.25) is 4.79 Å².